The number of carbonyl (C=O) groups excluding carboxylic acids is 2. The van der Waals surface area contributed by atoms with Gasteiger partial charge in [0, 0.05) is 18.3 Å². The second-order valence-corrected chi connectivity index (χ2v) is 7.68. The highest BCUT2D eigenvalue weighted by Gasteiger charge is 2.44. The molecule has 3 aromatic carbocycles. The molecule has 140 valence electrons. The first-order valence-electron chi connectivity index (χ1n) is 9.89. The zero-order chi connectivity index (χ0) is 19.4. The van der Waals surface area contributed by atoms with Crippen molar-refractivity contribution < 1.29 is 9.59 Å². The Hall–Kier alpha value is -3.00. The van der Waals surface area contributed by atoms with Crippen LogP contribution in [0.15, 0.2) is 91.0 Å². The summed E-state index contributed by atoms with van der Waals surface area (Å²) in [7, 11) is 0. The maximum absolute atomic E-state index is 13.2. The molecule has 3 aromatic rings. The lowest BCUT2D eigenvalue weighted by atomic mass is 9.62. The van der Waals surface area contributed by atoms with E-state index in [1.807, 2.05) is 66.7 Å². The summed E-state index contributed by atoms with van der Waals surface area (Å²) in [5, 5.41) is 0. The molecule has 0 heterocycles. The number of hydrogen-bond donors (Lipinski definition) is 0. The lowest BCUT2D eigenvalue weighted by Gasteiger charge is -2.40. The average Bonchev–Trinajstić information content (AvgIpc) is 2.75. The van der Waals surface area contributed by atoms with Crippen molar-refractivity contribution in [3.8, 4) is 0 Å². The van der Waals surface area contributed by atoms with Crippen LogP contribution in [0.5, 0.6) is 0 Å². The number of benzene rings is 3. The lowest BCUT2D eigenvalue weighted by Crippen LogP contribution is -2.41. The van der Waals surface area contributed by atoms with Crippen LogP contribution in [0.3, 0.4) is 0 Å². The van der Waals surface area contributed by atoms with E-state index in [0.717, 1.165) is 23.1 Å². The molecule has 1 fully saturated rings. The molecule has 1 aliphatic rings. The van der Waals surface area contributed by atoms with E-state index in [0.29, 0.717) is 19.3 Å². The first kappa shape index (κ1) is 18.4. The van der Waals surface area contributed by atoms with Crippen molar-refractivity contribution in [2.24, 2.45) is 5.92 Å². The molecule has 0 spiro atoms. The highest BCUT2D eigenvalue weighted by atomic mass is 16.1. The Morgan fingerprint density at radius 2 is 1.29 bits per heavy atom. The summed E-state index contributed by atoms with van der Waals surface area (Å²) in [6, 6.07) is 30.2. The van der Waals surface area contributed by atoms with Crippen molar-refractivity contribution in [2.45, 2.75) is 31.1 Å². The lowest BCUT2D eigenvalue weighted by molar-refractivity contribution is -0.135. The highest BCUT2D eigenvalue weighted by molar-refractivity contribution is 6.04. The van der Waals surface area contributed by atoms with Crippen LogP contribution in [0.25, 0.3) is 0 Å². The van der Waals surface area contributed by atoms with Crippen molar-refractivity contribution in [1.82, 2.24) is 0 Å². The molecule has 1 saturated carbocycles. The van der Waals surface area contributed by atoms with Crippen molar-refractivity contribution in [3.05, 3.63) is 108 Å². The Labute approximate surface area is 166 Å². The van der Waals surface area contributed by atoms with E-state index in [2.05, 4.69) is 24.3 Å². The minimum absolute atomic E-state index is 0.0472. The molecule has 0 radical (unpaired) electrons. The summed E-state index contributed by atoms with van der Waals surface area (Å²) in [5.41, 5.74) is 2.94. The molecule has 0 aromatic heterocycles. The minimum Gasteiger partial charge on any atom is -0.299 e. The molecule has 2 nitrogen and oxygen atoms in total. The van der Waals surface area contributed by atoms with Gasteiger partial charge in [-0.05, 0) is 29.5 Å². The molecule has 0 N–H and O–H groups in total. The van der Waals surface area contributed by atoms with Crippen LogP contribution < -0.4 is 0 Å². The quantitative estimate of drug-likeness (QED) is 0.583. The summed E-state index contributed by atoms with van der Waals surface area (Å²) in [6.45, 7) is 0. The van der Waals surface area contributed by atoms with Gasteiger partial charge < -0.3 is 0 Å². The van der Waals surface area contributed by atoms with E-state index >= 15 is 0 Å². The van der Waals surface area contributed by atoms with E-state index in [4.69, 9.17) is 0 Å². The second kappa shape index (κ2) is 7.93. The fourth-order valence-corrected chi connectivity index (χ4v) is 4.50. The Balaban J connectivity index is 1.61. The van der Waals surface area contributed by atoms with Gasteiger partial charge in [0.2, 0.25) is 0 Å². The predicted octanol–water partition coefficient (Wildman–Crippen LogP) is 5.15. The van der Waals surface area contributed by atoms with Crippen molar-refractivity contribution in [2.75, 3.05) is 0 Å². The zero-order valence-electron chi connectivity index (χ0n) is 15.9. The number of carbonyl (C=O) groups is 2. The molecule has 1 aliphatic carbocycles. The van der Waals surface area contributed by atoms with E-state index < -0.39 is 5.92 Å². The highest BCUT2D eigenvalue weighted by Crippen LogP contribution is 2.45. The van der Waals surface area contributed by atoms with Crippen LogP contribution >= 0.6 is 0 Å². The fourth-order valence-electron chi connectivity index (χ4n) is 4.50. The summed E-state index contributed by atoms with van der Waals surface area (Å²) in [4.78, 5) is 26.0. The topological polar surface area (TPSA) is 34.1 Å². The molecule has 28 heavy (non-hydrogen) atoms. The molecular formula is C26H24O2. The minimum atomic E-state index is -0.485. The summed E-state index contributed by atoms with van der Waals surface area (Å²) in [5.74, 6) is -0.369. The number of hydrogen-bond acceptors (Lipinski definition) is 2. The molecule has 0 bridgehead atoms. The zero-order valence-corrected chi connectivity index (χ0v) is 15.9. The van der Waals surface area contributed by atoms with Crippen LogP contribution in [0.4, 0.5) is 0 Å². The van der Waals surface area contributed by atoms with E-state index in [1.54, 1.807) is 0 Å². The fraction of sp³-hybridized carbons (Fsp3) is 0.231. The summed E-state index contributed by atoms with van der Waals surface area (Å²) in [6.07, 6.45) is 2.12. The average molecular weight is 368 g/mol. The maximum Gasteiger partial charge on any atom is 0.147 e. The monoisotopic (exact) mass is 368 g/mol. The first-order valence-corrected chi connectivity index (χ1v) is 9.89. The molecule has 1 unspecified atom stereocenters. The molecule has 1 atom stereocenters. The second-order valence-electron chi connectivity index (χ2n) is 7.68. The normalized spacial score (nSPS) is 18.6. The third-order valence-corrected chi connectivity index (χ3v) is 5.99. The van der Waals surface area contributed by atoms with Gasteiger partial charge in [0.25, 0.3) is 0 Å². The van der Waals surface area contributed by atoms with Gasteiger partial charge in [-0.2, -0.15) is 0 Å². The van der Waals surface area contributed by atoms with Crippen molar-refractivity contribution >= 4 is 11.6 Å². The van der Waals surface area contributed by atoms with Crippen LogP contribution in [0.1, 0.15) is 36.0 Å². The van der Waals surface area contributed by atoms with E-state index in [-0.39, 0.29) is 17.0 Å². The molecule has 0 saturated heterocycles. The predicted molar refractivity (Wildman–Crippen MR) is 111 cm³/mol. The van der Waals surface area contributed by atoms with Gasteiger partial charge in [-0.15, -0.1) is 0 Å². The molecule has 2 heteroatoms. The Morgan fingerprint density at radius 3 is 1.79 bits per heavy atom. The van der Waals surface area contributed by atoms with Crippen molar-refractivity contribution in [3.63, 3.8) is 0 Å². The van der Waals surface area contributed by atoms with Gasteiger partial charge in [0.05, 0.1) is 5.92 Å². The Bertz CT molecular complexity index is 906. The standard InChI is InChI=1S/C26H24O2/c27-24(18-20-10-4-1-5-11-20)23-16-17-26(19-25(23)28,21-12-6-2-7-13-21)22-14-8-3-9-15-22/h1-15,23H,16-19H2. The van der Waals surface area contributed by atoms with Crippen LogP contribution in [0.2, 0.25) is 0 Å². The smallest absolute Gasteiger partial charge is 0.147 e. The summed E-state index contributed by atoms with van der Waals surface area (Å²) >= 11 is 0. The molecule has 0 aliphatic heterocycles. The van der Waals surface area contributed by atoms with E-state index in [9.17, 15) is 9.59 Å². The van der Waals surface area contributed by atoms with Crippen LogP contribution in [-0.4, -0.2) is 11.6 Å². The molecular weight excluding hydrogens is 344 g/mol. The summed E-state index contributed by atoms with van der Waals surface area (Å²) < 4.78 is 0. The third-order valence-electron chi connectivity index (χ3n) is 5.99. The van der Waals surface area contributed by atoms with E-state index in [1.165, 1.54) is 0 Å². The van der Waals surface area contributed by atoms with Gasteiger partial charge in [0.15, 0.2) is 0 Å². The molecule has 0 amide bonds. The Morgan fingerprint density at radius 1 is 0.786 bits per heavy atom. The number of rotatable bonds is 5. The molecule has 4 rings (SSSR count). The third kappa shape index (κ3) is 3.55. The van der Waals surface area contributed by atoms with Crippen LogP contribution in [-0.2, 0) is 21.4 Å². The van der Waals surface area contributed by atoms with Gasteiger partial charge in [-0.3, -0.25) is 9.59 Å². The van der Waals surface area contributed by atoms with Gasteiger partial charge in [0.1, 0.15) is 11.6 Å². The SMILES string of the molecule is O=C(Cc1ccccc1)C1CCC(c2ccccc2)(c2ccccc2)CC1=O. The maximum atomic E-state index is 13.2. The van der Waals surface area contributed by atoms with Gasteiger partial charge in [-0.25, -0.2) is 0 Å². The van der Waals surface area contributed by atoms with Gasteiger partial charge >= 0.3 is 0 Å². The largest absolute Gasteiger partial charge is 0.299 e. The number of ketones is 2. The Kier molecular flexibility index (Phi) is 5.21. The van der Waals surface area contributed by atoms with Crippen LogP contribution in [0, 0.1) is 5.92 Å². The van der Waals surface area contributed by atoms with Gasteiger partial charge in [-0.1, -0.05) is 91.0 Å². The first-order chi connectivity index (χ1) is 13.7. The van der Waals surface area contributed by atoms with Crippen molar-refractivity contribution in [1.29, 1.82) is 0 Å². The number of Topliss-reactive ketones (excluding diaryl/α,β-unsaturated/α-hetero) is 2.